The number of rotatable bonds is 4. The lowest BCUT2D eigenvalue weighted by atomic mass is 10.2. The number of methoxy groups -OCH3 is 1. The number of carbonyl (C=O) groups excluding carboxylic acids is 2. The van der Waals surface area contributed by atoms with Crippen LogP contribution in [0, 0.1) is 0 Å². The summed E-state index contributed by atoms with van der Waals surface area (Å²) in [5, 5.41) is 2.83. The molecule has 6 nitrogen and oxygen atoms in total. The van der Waals surface area contributed by atoms with Crippen LogP contribution in [-0.4, -0.2) is 30.1 Å². The van der Waals surface area contributed by atoms with Gasteiger partial charge in [-0.2, -0.15) is 0 Å². The van der Waals surface area contributed by atoms with Crippen LogP contribution in [0.1, 0.15) is 20.8 Å². The van der Waals surface area contributed by atoms with Crippen LogP contribution in [0.25, 0.3) is 0 Å². The van der Waals surface area contributed by atoms with Crippen LogP contribution < -0.4 is 14.8 Å². The van der Waals surface area contributed by atoms with Gasteiger partial charge in [-0.05, 0) is 32.9 Å². The van der Waals surface area contributed by atoms with Crippen molar-refractivity contribution in [3.63, 3.8) is 0 Å². The molecule has 0 aromatic heterocycles. The highest BCUT2D eigenvalue weighted by atomic mass is 79.9. The molecule has 0 aliphatic heterocycles. The average Bonchev–Trinajstić information content (AvgIpc) is 2.38. The molecular formula is C14H18BrNO5. The number of carbonyl (C=O) groups is 2. The zero-order valence-corrected chi connectivity index (χ0v) is 13.9. The number of anilines is 1. The van der Waals surface area contributed by atoms with Gasteiger partial charge in [-0.3, -0.25) is 4.79 Å². The normalized spacial score (nSPS) is 10.7. The van der Waals surface area contributed by atoms with Crippen LogP contribution in [-0.2, 0) is 9.53 Å². The zero-order chi connectivity index (χ0) is 16.0. The van der Waals surface area contributed by atoms with E-state index in [1.165, 1.54) is 13.2 Å². The quantitative estimate of drug-likeness (QED) is 0.506. The van der Waals surface area contributed by atoms with Crippen LogP contribution in [0.2, 0.25) is 0 Å². The molecule has 0 fully saturated rings. The van der Waals surface area contributed by atoms with Gasteiger partial charge in [0, 0.05) is 11.8 Å². The van der Waals surface area contributed by atoms with E-state index in [1.807, 2.05) is 0 Å². The van der Waals surface area contributed by atoms with E-state index in [9.17, 15) is 9.59 Å². The molecule has 0 saturated heterocycles. The molecule has 7 heteroatoms. The zero-order valence-electron chi connectivity index (χ0n) is 12.4. The fourth-order valence-electron chi connectivity index (χ4n) is 1.38. The van der Waals surface area contributed by atoms with E-state index in [0.29, 0.717) is 11.4 Å². The highest BCUT2D eigenvalue weighted by Gasteiger charge is 2.19. The molecule has 0 bridgehead atoms. The summed E-state index contributed by atoms with van der Waals surface area (Å²) in [6, 6.07) is 4.68. The van der Waals surface area contributed by atoms with E-state index in [0.717, 1.165) is 0 Å². The third-order valence-electron chi connectivity index (χ3n) is 2.15. The third kappa shape index (κ3) is 6.03. The van der Waals surface area contributed by atoms with Gasteiger partial charge in [0.1, 0.15) is 5.60 Å². The summed E-state index contributed by atoms with van der Waals surface area (Å²) in [5.74, 6) is 0.328. The minimum atomic E-state index is -0.821. The molecule has 0 aliphatic carbocycles. The van der Waals surface area contributed by atoms with Gasteiger partial charge in [0.15, 0.2) is 11.5 Å². The van der Waals surface area contributed by atoms with Crippen molar-refractivity contribution in [3.05, 3.63) is 18.2 Å². The van der Waals surface area contributed by atoms with Gasteiger partial charge in [-0.1, -0.05) is 15.9 Å². The number of ether oxygens (including phenoxy) is 3. The van der Waals surface area contributed by atoms with E-state index in [2.05, 4.69) is 21.2 Å². The molecule has 1 aromatic rings. The van der Waals surface area contributed by atoms with E-state index < -0.39 is 11.8 Å². The Balaban J connectivity index is 2.84. The van der Waals surface area contributed by atoms with Crippen molar-refractivity contribution < 1.29 is 23.8 Å². The average molecular weight is 360 g/mol. The van der Waals surface area contributed by atoms with Crippen molar-refractivity contribution in [1.29, 1.82) is 0 Å². The molecule has 0 spiro atoms. The molecular weight excluding hydrogens is 342 g/mol. The highest BCUT2D eigenvalue weighted by Crippen LogP contribution is 2.30. The van der Waals surface area contributed by atoms with Crippen molar-refractivity contribution in [1.82, 2.24) is 0 Å². The molecule has 1 N–H and O–H groups in total. The lowest BCUT2D eigenvalue weighted by Crippen LogP contribution is -2.26. The number of nitrogens with one attached hydrogen (secondary N) is 1. The Bertz CT molecular complexity index is 525. The number of amides is 1. The maximum absolute atomic E-state index is 11.6. The maximum atomic E-state index is 11.6. The Labute approximate surface area is 131 Å². The fraction of sp³-hybridized carbons (Fsp3) is 0.429. The maximum Gasteiger partial charge on any atom is 0.514 e. The molecule has 0 atom stereocenters. The largest absolute Gasteiger partial charge is 0.514 e. The van der Waals surface area contributed by atoms with Crippen molar-refractivity contribution in [3.8, 4) is 11.5 Å². The van der Waals surface area contributed by atoms with E-state index >= 15 is 0 Å². The first-order valence-corrected chi connectivity index (χ1v) is 7.32. The first-order chi connectivity index (χ1) is 9.75. The van der Waals surface area contributed by atoms with Crippen LogP contribution in [0.5, 0.6) is 11.5 Å². The predicted octanol–water partition coefficient (Wildman–Crippen LogP) is 3.34. The summed E-state index contributed by atoms with van der Waals surface area (Å²) >= 11 is 3.05. The summed E-state index contributed by atoms with van der Waals surface area (Å²) in [4.78, 5) is 22.9. The Morgan fingerprint density at radius 3 is 2.43 bits per heavy atom. The summed E-state index contributed by atoms with van der Waals surface area (Å²) in [5.41, 5.74) is -0.110. The van der Waals surface area contributed by atoms with E-state index in [-0.39, 0.29) is 17.0 Å². The second-order valence-electron chi connectivity index (χ2n) is 5.11. The Hall–Kier alpha value is -1.76. The van der Waals surface area contributed by atoms with Crippen molar-refractivity contribution in [2.45, 2.75) is 26.4 Å². The summed E-state index contributed by atoms with van der Waals surface area (Å²) in [6.07, 6.45) is -0.821. The molecule has 0 unspecified atom stereocenters. The molecule has 0 radical (unpaired) electrons. The minimum absolute atomic E-state index is 0.186. The second kappa shape index (κ2) is 7.31. The molecule has 0 aliphatic rings. The Kier molecular flexibility index (Phi) is 6.02. The predicted molar refractivity (Wildman–Crippen MR) is 82.3 cm³/mol. The molecule has 1 amide bonds. The number of halogens is 1. The van der Waals surface area contributed by atoms with E-state index in [4.69, 9.17) is 14.2 Å². The number of hydrogen-bond donors (Lipinski definition) is 1. The van der Waals surface area contributed by atoms with Gasteiger partial charge in [0.25, 0.3) is 0 Å². The second-order valence-corrected chi connectivity index (χ2v) is 5.67. The monoisotopic (exact) mass is 359 g/mol. The number of benzene rings is 1. The highest BCUT2D eigenvalue weighted by molar-refractivity contribution is 9.09. The Morgan fingerprint density at radius 1 is 1.24 bits per heavy atom. The molecule has 1 rings (SSSR count). The summed E-state index contributed by atoms with van der Waals surface area (Å²) in [7, 11) is 1.44. The van der Waals surface area contributed by atoms with Gasteiger partial charge in [-0.25, -0.2) is 4.79 Å². The van der Waals surface area contributed by atoms with Gasteiger partial charge < -0.3 is 19.5 Å². The minimum Gasteiger partial charge on any atom is -0.493 e. The summed E-state index contributed by atoms with van der Waals surface area (Å²) in [6.45, 7) is 5.22. The molecule has 21 heavy (non-hydrogen) atoms. The number of hydrogen-bond acceptors (Lipinski definition) is 5. The lowest BCUT2D eigenvalue weighted by Gasteiger charge is -2.19. The number of alkyl halides is 1. The smallest absolute Gasteiger partial charge is 0.493 e. The van der Waals surface area contributed by atoms with Gasteiger partial charge in [0.05, 0.1) is 12.4 Å². The third-order valence-corrected chi connectivity index (χ3v) is 2.66. The van der Waals surface area contributed by atoms with E-state index in [1.54, 1.807) is 32.9 Å². The van der Waals surface area contributed by atoms with Crippen molar-refractivity contribution >= 4 is 33.7 Å². The molecule has 0 saturated carbocycles. The van der Waals surface area contributed by atoms with Crippen molar-refractivity contribution in [2.24, 2.45) is 0 Å². The lowest BCUT2D eigenvalue weighted by molar-refractivity contribution is -0.113. The molecule has 116 valence electrons. The van der Waals surface area contributed by atoms with Crippen LogP contribution in [0.15, 0.2) is 18.2 Å². The van der Waals surface area contributed by atoms with Gasteiger partial charge >= 0.3 is 6.16 Å². The van der Waals surface area contributed by atoms with Crippen LogP contribution in [0.3, 0.4) is 0 Å². The fourth-order valence-corrected chi connectivity index (χ4v) is 1.52. The molecule has 0 heterocycles. The first-order valence-electron chi connectivity index (χ1n) is 6.20. The summed E-state index contributed by atoms with van der Waals surface area (Å²) < 4.78 is 15.3. The van der Waals surface area contributed by atoms with Crippen LogP contribution >= 0.6 is 15.9 Å². The van der Waals surface area contributed by atoms with Gasteiger partial charge in [0.2, 0.25) is 5.91 Å². The standard InChI is InChI=1S/C14H18BrNO5/c1-14(2,3)21-13(18)20-10-6-5-9(7-11(10)19-4)16-12(17)8-15/h5-7H,8H2,1-4H3,(H,16,17). The molecule has 1 aromatic carbocycles. The first kappa shape index (κ1) is 17.3. The van der Waals surface area contributed by atoms with Gasteiger partial charge in [-0.15, -0.1) is 0 Å². The van der Waals surface area contributed by atoms with Crippen LogP contribution in [0.4, 0.5) is 10.5 Å². The SMILES string of the molecule is COc1cc(NC(=O)CBr)ccc1OC(=O)OC(C)(C)C. The topological polar surface area (TPSA) is 73.9 Å². The Morgan fingerprint density at radius 2 is 1.90 bits per heavy atom. The van der Waals surface area contributed by atoms with Crippen molar-refractivity contribution in [2.75, 3.05) is 17.8 Å².